The highest BCUT2D eigenvalue weighted by molar-refractivity contribution is 6.31. The normalized spacial score (nSPS) is 20.8. The van der Waals surface area contributed by atoms with Crippen LogP contribution in [0.25, 0.3) is 0 Å². The molecule has 0 spiro atoms. The van der Waals surface area contributed by atoms with Crippen LogP contribution in [-0.2, 0) is 48.2 Å². The van der Waals surface area contributed by atoms with Crippen molar-refractivity contribution in [1.82, 2.24) is 31.2 Å². The number of hydrogen-bond acceptors (Lipinski definition) is 10. The maximum absolute atomic E-state index is 13.4. The topological polar surface area (TPSA) is 179 Å². The first-order chi connectivity index (χ1) is 37.0. The Morgan fingerprint density at radius 3 is 1.27 bits per heavy atom. The average molecular weight is 1110 g/mol. The molecule has 0 radical (unpaired) electrons. The number of amides is 4. The molecule has 420 valence electrons. The molecule has 4 N–H and O–H groups in total. The molecular weight excluding hydrogens is 1030 g/mol. The standard InChI is InChI=1S/2C31H40ClN3O4/c2*1-19-15-21-9-7-6-8-10-25-26(29(36)33-18-27(21)20(2)34-19)16-22(32)17-28(25)38-24-13-11-23(12-14-24)35-30(37)39-31(3,4)5/h2*6,8,15-17,23-24H,7,9-14,18H2,1-5H3,(H,33,36)(H,35,37)/b8-6+;8-6-. The Morgan fingerprint density at radius 2 is 0.910 bits per heavy atom. The molecule has 2 saturated carbocycles. The van der Waals surface area contributed by atoms with Crippen molar-refractivity contribution < 1.29 is 38.1 Å². The first-order valence-corrected chi connectivity index (χ1v) is 28.5. The van der Waals surface area contributed by atoms with E-state index in [0.717, 1.165) is 122 Å². The molecule has 78 heavy (non-hydrogen) atoms. The number of aryl methyl sites for hydroxylation is 6. The van der Waals surface area contributed by atoms with Crippen molar-refractivity contribution in [1.29, 1.82) is 0 Å². The number of rotatable bonds is 6. The summed E-state index contributed by atoms with van der Waals surface area (Å²) in [5.41, 5.74) is 10.1. The third-order valence-corrected chi connectivity index (χ3v) is 14.7. The van der Waals surface area contributed by atoms with E-state index in [4.69, 9.17) is 42.1 Å². The highest BCUT2D eigenvalue weighted by Crippen LogP contribution is 2.35. The van der Waals surface area contributed by atoms with Gasteiger partial charge in [-0.15, -0.1) is 0 Å². The largest absolute Gasteiger partial charge is 0.490 e. The van der Waals surface area contributed by atoms with E-state index in [1.807, 2.05) is 81.4 Å². The Kier molecular flexibility index (Phi) is 20.4. The molecule has 4 heterocycles. The first kappa shape index (κ1) is 59.5. The Labute approximate surface area is 471 Å². The summed E-state index contributed by atoms with van der Waals surface area (Å²) in [6.07, 6.45) is 18.8. The zero-order valence-corrected chi connectivity index (χ0v) is 48.8. The van der Waals surface area contributed by atoms with E-state index in [2.05, 4.69) is 67.7 Å². The zero-order chi connectivity index (χ0) is 56.3. The fourth-order valence-corrected chi connectivity index (χ4v) is 11.1. The molecule has 14 nitrogen and oxygen atoms in total. The number of pyridine rings is 2. The Bertz CT molecular complexity index is 2680. The highest BCUT2D eigenvalue weighted by Gasteiger charge is 2.30. The fraction of sp³-hybridized carbons (Fsp3) is 0.516. The summed E-state index contributed by atoms with van der Waals surface area (Å²) >= 11 is 13.0. The van der Waals surface area contributed by atoms with Gasteiger partial charge in [0.25, 0.3) is 11.8 Å². The van der Waals surface area contributed by atoms with Gasteiger partial charge in [-0.1, -0.05) is 47.5 Å². The third kappa shape index (κ3) is 17.4. The first-order valence-electron chi connectivity index (χ1n) is 27.7. The van der Waals surface area contributed by atoms with E-state index < -0.39 is 11.2 Å². The van der Waals surface area contributed by atoms with Crippen LogP contribution in [-0.4, -0.2) is 69.5 Å². The molecule has 8 rings (SSSR count). The van der Waals surface area contributed by atoms with E-state index in [-0.39, 0.29) is 48.3 Å². The number of carbonyl (C=O) groups is 4. The van der Waals surface area contributed by atoms with Crippen LogP contribution in [0.4, 0.5) is 9.59 Å². The second kappa shape index (κ2) is 26.7. The fourth-order valence-electron chi connectivity index (χ4n) is 10.7. The zero-order valence-electron chi connectivity index (χ0n) is 47.3. The van der Waals surface area contributed by atoms with Crippen LogP contribution in [0.2, 0.25) is 10.0 Å². The minimum absolute atomic E-state index is 0.0264. The summed E-state index contributed by atoms with van der Waals surface area (Å²) in [5.74, 6) is 0.934. The predicted molar refractivity (Wildman–Crippen MR) is 307 cm³/mol. The molecule has 4 amide bonds. The van der Waals surface area contributed by atoms with E-state index in [9.17, 15) is 19.2 Å². The van der Waals surface area contributed by atoms with Gasteiger partial charge in [-0.05, 0) is 218 Å². The van der Waals surface area contributed by atoms with Crippen LogP contribution < -0.4 is 30.7 Å². The van der Waals surface area contributed by atoms with Crippen LogP contribution in [0.1, 0.15) is 183 Å². The highest BCUT2D eigenvalue weighted by atomic mass is 35.5. The number of ether oxygens (including phenoxy) is 4. The van der Waals surface area contributed by atoms with Crippen molar-refractivity contribution in [2.24, 2.45) is 0 Å². The monoisotopic (exact) mass is 1110 g/mol. The summed E-state index contributed by atoms with van der Waals surface area (Å²) in [6, 6.07) is 11.4. The molecule has 16 heteroatoms. The Hall–Kier alpha value is -6.12. The molecule has 0 atom stereocenters. The molecule has 2 aromatic carbocycles. The van der Waals surface area contributed by atoms with Gasteiger partial charge in [0.05, 0.1) is 12.2 Å². The lowest BCUT2D eigenvalue weighted by Gasteiger charge is -2.31. The van der Waals surface area contributed by atoms with Crippen molar-refractivity contribution in [3.63, 3.8) is 0 Å². The number of benzene rings is 2. The number of carbonyl (C=O) groups excluding carboxylic acids is 4. The maximum Gasteiger partial charge on any atom is 0.407 e. The third-order valence-electron chi connectivity index (χ3n) is 14.3. The van der Waals surface area contributed by atoms with Gasteiger partial charge < -0.3 is 40.2 Å². The second-order valence-electron chi connectivity index (χ2n) is 23.1. The predicted octanol–water partition coefficient (Wildman–Crippen LogP) is 13.1. The number of alkyl carbamates (subject to hydrolysis) is 2. The van der Waals surface area contributed by atoms with E-state index in [1.54, 1.807) is 12.1 Å². The van der Waals surface area contributed by atoms with E-state index in [0.29, 0.717) is 58.6 Å². The molecule has 2 fully saturated rings. The minimum atomic E-state index is -0.525. The number of nitrogens with zero attached hydrogens (tertiary/aromatic N) is 2. The summed E-state index contributed by atoms with van der Waals surface area (Å²) in [4.78, 5) is 60.4. The molecule has 0 bridgehead atoms. The smallest absolute Gasteiger partial charge is 0.407 e. The van der Waals surface area contributed by atoms with Crippen molar-refractivity contribution >= 4 is 47.2 Å². The lowest BCUT2D eigenvalue weighted by Crippen LogP contribution is -2.42. The molecule has 4 aliphatic rings. The van der Waals surface area contributed by atoms with Gasteiger partial charge in [-0.25, -0.2) is 9.59 Å². The van der Waals surface area contributed by atoms with Crippen molar-refractivity contribution in [2.45, 2.75) is 208 Å². The van der Waals surface area contributed by atoms with E-state index >= 15 is 0 Å². The quantitative estimate of drug-likeness (QED) is 0.136. The number of fused-ring (bicyclic) bond motifs is 4. The van der Waals surface area contributed by atoms with Gasteiger partial charge in [0.2, 0.25) is 0 Å². The van der Waals surface area contributed by atoms with Gasteiger partial charge in [-0.2, -0.15) is 0 Å². The van der Waals surface area contributed by atoms with E-state index in [1.165, 1.54) is 11.1 Å². The van der Waals surface area contributed by atoms with Gasteiger partial charge in [0.15, 0.2) is 0 Å². The summed E-state index contributed by atoms with van der Waals surface area (Å²) in [5, 5.41) is 13.1. The van der Waals surface area contributed by atoms with Gasteiger partial charge in [0, 0.05) is 80.2 Å². The van der Waals surface area contributed by atoms with Crippen molar-refractivity contribution in [2.75, 3.05) is 0 Å². The lowest BCUT2D eigenvalue weighted by atomic mass is 9.92. The molecule has 2 aromatic heterocycles. The number of hydrogen-bond donors (Lipinski definition) is 4. The number of nitrogens with one attached hydrogen (secondary N) is 4. The average Bonchev–Trinajstić information content (AvgIpc) is 3.41. The Morgan fingerprint density at radius 1 is 0.538 bits per heavy atom. The van der Waals surface area contributed by atoms with Gasteiger partial charge >= 0.3 is 12.2 Å². The lowest BCUT2D eigenvalue weighted by molar-refractivity contribution is 0.0460. The van der Waals surface area contributed by atoms with Crippen LogP contribution in [0.15, 0.2) is 60.7 Å². The SMILES string of the molecule is Cc1cc2c(c(C)n1)CNC(=O)c1cc(Cl)cc(OC3CCC(NC(=O)OC(C)(C)C)CC3)c1C/C=C/CC2.Cc1cc2c(c(C)n1)CNC(=O)c1cc(Cl)cc(OC3CCC(NC(=O)OC(C)(C)C)CC3)c1C/C=C\CC2. The number of aromatic nitrogens is 2. The summed E-state index contributed by atoms with van der Waals surface area (Å²) < 4.78 is 23.7. The Balaban J connectivity index is 0.000000226. The van der Waals surface area contributed by atoms with Crippen LogP contribution in [0.3, 0.4) is 0 Å². The summed E-state index contributed by atoms with van der Waals surface area (Å²) in [6.45, 7) is 19.9. The molecule has 0 unspecified atom stereocenters. The molecule has 0 saturated heterocycles. The second-order valence-corrected chi connectivity index (χ2v) is 24.0. The number of allylic oxidation sites excluding steroid dienone is 4. The maximum atomic E-state index is 13.4. The molecule has 2 aliphatic carbocycles. The molecular formula is C62H80Cl2N6O8. The van der Waals surface area contributed by atoms with Crippen LogP contribution in [0.5, 0.6) is 11.5 Å². The van der Waals surface area contributed by atoms with Crippen LogP contribution >= 0.6 is 23.2 Å². The summed E-state index contributed by atoms with van der Waals surface area (Å²) in [7, 11) is 0. The molecule has 4 aromatic rings. The number of halogens is 2. The van der Waals surface area contributed by atoms with Gasteiger partial charge in [-0.3, -0.25) is 19.6 Å². The van der Waals surface area contributed by atoms with Crippen LogP contribution in [0, 0.1) is 27.7 Å². The molecule has 2 aliphatic heterocycles. The van der Waals surface area contributed by atoms with Crippen molar-refractivity contribution in [3.05, 3.63) is 138 Å². The van der Waals surface area contributed by atoms with Gasteiger partial charge in [0.1, 0.15) is 22.7 Å². The minimum Gasteiger partial charge on any atom is -0.490 e. The van der Waals surface area contributed by atoms with Crippen molar-refractivity contribution in [3.8, 4) is 11.5 Å².